The highest BCUT2D eigenvalue weighted by molar-refractivity contribution is 5.14. The molecule has 1 aliphatic heterocycles. The van der Waals surface area contributed by atoms with E-state index in [0.29, 0.717) is 37.5 Å². The van der Waals surface area contributed by atoms with E-state index in [4.69, 9.17) is 25.5 Å². The van der Waals surface area contributed by atoms with Gasteiger partial charge < -0.3 is 55.0 Å². The van der Waals surface area contributed by atoms with Crippen molar-refractivity contribution < 1.29 is 35.7 Å². The molecule has 0 aromatic carbocycles. The van der Waals surface area contributed by atoms with Gasteiger partial charge >= 0.3 is 0 Å². The molecule has 1 aliphatic rings. The highest BCUT2D eigenvalue weighted by atomic mass is 16.3. The number of aliphatic hydroxyl groups excluding tert-OH is 7. The number of likely N-dealkylation sites (tertiary alicyclic amines) is 1. The molecule has 0 spiro atoms. The first-order valence-electron chi connectivity index (χ1n) is 21.5. The molecule has 1 fully saturated rings. The number of imidazole rings is 1. The van der Waals surface area contributed by atoms with Crippen LogP contribution < -0.4 is 0 Å². The number of aliphatic hydroxyl groups is 7. The van der Waals surface area contributed by atoms with Crippen LogP contribution in [0.25, 0.3) is 0 Å². The molecule has 9 unspecified atom stereocenters. The van der Waals surface area contributed by atoms with Crippen LogP contribution in [-0.2, 0) is 0 Å². The van der Waals surface area contributed by atoms with Crippen LogP contribution in [0.4, 0.5) is 0 Å². The molecule has 13 heteroatoms. The molecule has 2 aromatic rings. The molecule has 57 heavy (non-hydrogen) atoms. The van der Waals surface area contributed by atoms with Gasteiger partial charge in [0, 0.05) is 83.2 Å². The Kier molecular flexibility index (Phi) is 35.9. The summed E-state index contributed by atoms with van der Waals surface area (Å²) in [6.45, 7) is 27.7. The predicted molar refractivity (Wildman–Crippen MR) is 234 cm³/mol. The van der Waals surface area contributed by atoms with E-state index < -0.39 is 18.3 Å². The minimum absolute atomic E-state index is 0.126. The molecule has 0 saturated carbocycles. The van der Waals surface area contributed by atoms with Gasteiger partial charge in [0.2, 0.25) is 0 Å². The highest BCUT2D eigenvalue weighted by Crippen LogP contribution is 2.22. The number of hydrogen-bond donors (Lipinski definition) is 7. The predicted octanol–water partition coefficient (Wildman–Crippen LogP) is 4.37. The third-order valence-corrected chi connectivity index (χ3v) is 10.4. The Morgan fingerprint density at radius 3 is 1.67 bits per heavy atom. The van der Waals surface area contributed by atoms with E-state index in [0.717, 1.165) is 63.8 Å². The summed E-state index contributed by atoms with van der Waals surface area (Å²) in [7, 11) is 1.93. The van der Waals surface area contributed by atoms with Gasteiger partial charge in [0.25, 0.3) is 0 Å². The van der Waals surface area contributed by atoms with Crippen molar-refractivity contribution in [3.63, 3.8) is 0 Å². The molecule has 0 amide bonds. The van der Waals surface area contributed by atoms with Crippen molar-refractivity contribution in [2.24, 2.45) is 23.7 Å². The van der Waals surface area contributed by atoms with Gasteiger partial charge in [0.15, 0.2) is 0 Å². The zero-order chi connectivity index (χ0) is 43.8. The first-order valence-corrected chi connectivity index (χ1v) is 21.5. The third kappa shape index (κ3) is 29.8. The van der Waals surface area contributed by atoms with Gasteiger partial charge in [-0.05, 0) is 87.1 Å². The van der Waals surface area contributed by atoms with E-state index in [9.17, 15) is 10.2 Å². The van der Waals surface area contributed by atoms with Gasteiger partial charge in [0.1, 0.15) is 0 Å². The molecule has 13 nitrogen and oxygen atoms in total. The lowest BCUT2D eigenvalue weighted by atomic mass is 10.0. The van der Waals surface area contributed by atoms with Crippen molar-refractivity contribution in [2.75, 3.05) is 85.8 Å². The van der Waals surface area contributed by atoms with Crippen LogP contribution in [0, 0.1) is 23.7 Å². The Hall–Kier alpha value is -2.04. The van der Waals surface area contributed by atoms with Crippen LogP contribution in [-0.4, -0.2) is 169 Å². The van der Waals surface area contributed by atoms with Crippen LogP contribution >= 0.6 is 0 Å². The standard InChI is InChI=1S/C12H27NO3.C9H19NO2.C9H13N.C7H12N2.C7H17NO2/c1-4-10(2)5-13(6-11(3)8-14)7-12(16)9-15;1-7-3-10(4-8(7)2)5-9(12)6-11;1-3-8(2)9-4-6-10-7-5-9;1-3-7(2)9-5-4-8-6-9;1-3-4-8(2)5-7(10)6-9/h10-12,14-16H,4-9H2,1-3H3;7-9,11-12H,3-6H2,1-2H3;4-8H,3H2,1-2H3;4-7H,3H2,1-2H3;7,9-10H,3-6H2,1-2H3. The molecule has 3 rings (SSSR count). The SMILES string of the molecule is CC1CN(CC(O)CO)CC1C.CCC(C)CN(CC(C)CO)CC(O)CO.CCC(C)c1ccncc1.CCC(C)n1ccnc1.CCCN(C)CC(O)CO. The Morgan fingerprint density at radius 1 is 0.684 bits per heavy atom. The van der Waals surface area contributed by atoms with Gasteiger partial charge in [-0.25, -0.2) is 4.98 Å². The van der Waals surface area contributed by atoms with Crippen molar-refractivity contribution in [3.8, 4) is 0 Å². The number of pyridine rings is 1. The monoisotopic (exact) mass is 813 g/mol. The molecule has 7 N–H and O–H groups in total. The lowest BCUT2D eigenvalue weighted by molar-refractivity contribution is 0.0461. The smallest absolute Gasteiger partial charge is 0.0948 e. The summed E-state index contributed by atoms with van der Waals surface area (Å²) in [5.41, 5.74) is 1.39. The zero-order valence-electron chi connectivity index (χ0n) is 37.9. The maximum atomic E-state index is 9.45. The Morgan fingerprint density at radius 2 is 1.23 bits per heavy atom. The fraction of sp³-hybridized carbons (Fsp3) is 0.818. The second kappa shape index (κ2) is 35.9. The topological polar surface area (TPSA) is 182 Å². The van der Waals surface area contributed by atoms with E-state index >= 15 is 0 Å². The molecule has 1 saturated heterocycles. The lowest BCUT2D eigenvalue weighted by Gasteiger charge is -2.28. The second-order valence-electron chi connectivity index (χ2n) is 16.3. The maximum Gasteiger partial charge on any atom is 0.0948 e. The van der Waals surface area contributed by atoms with Gasteiger partial charge in [0.05, 0.1) is 44.5 Å². The van der Waals surface area contributed by atoms with Crippen LogP contribution in [0.2, 0.25) is 0 Å². The molecular formula is C44H88N6O7. The van der Waals surface area contributed by atoms with Crippen LogP contribution in [0.1, 0.15) is 112 Å². The molecule has 0 aliphatic carbocycles. The molecule has 9 atom stereocenters. The molecule has 336 valence electrons. The summed E-state index contributed by atoms with van der Waals surface area (Å²) in [4.78, 5) is 14.3. The maximum absolute atomic E-state index is 9.45. The number of aromatic nitrogens is 3. The summed E-state index contributed by atoms with van der Waals surface area (Å²) < 4.78 is 2.11. The van der Waals surface area contributed by atoms with Crippen molar-refractivity contribution in [3.05, 3.63) is 48.8 Å². The largest absolute Gasteiger partial charge is 0.396 e. The fourth-order valence-electron chi connectivity index (χ4n) is 5.96. The summed E-state index contributed by atoms with van der Waals surface area (Å²) in [5, 5.41) is 62.6. The van der Waals surface area contributed by atoms with Gasteiger partial charge in [-0.2, -0.15) is 0 Å². The third-order valence-electron chi connectivity index (χ3n) is 10.4. The normalized spacial score (nSPS) is 18.9. The average Bonchev–Trinajstić information content (AvgIpc) is 3.87. The molecule has 2 aromatic heterocycles. The Balaban J connectivity index is 0. The summed E-state index contributed by atoms with van der Waals surface area (Å²) in [5.74, 6) is 2.88. The first kappa shape index (κ1) is 57.1. The van der Waals surface area contributed by atoms with Gasteiger partial charge in [-0.15, -0.1) is 0 Å². The molecule has 0 radical (unpaired) electrons. The minimum atomic E-state index is -0.685. The van der Waals surface area contributed by atoms with Crippen molar-refractivity contribution >= 4 is 0 Å². The molecular weight excluding hydrogens is 725 g/mol. The first-order chi connectivity index (χ1) is 27.0. The van der Waals surface area contributed by atoms with Crippen LogP contribution in [0.15, 0.2) is 43.2 Å². The summed E-state index contributed by atoms with van der Waals surface area (Å²) >= 11 is 0. The Labute approximate surface area is 347 Å². The number of hydrogen-bond acceptors (Lipinski definition) is 12. The van der Waals surface area contributed by atoms with Crippen LogP contribution in [0.5, 0.6) is 0 Å². The zero-order valence-corrected chi connectivity index (χ0v) is 37.9. The van der Waals surface area contributed by atoms with E-state index in [1.165, 1.54) is 12.0 Å². The molecule has 0 bridgehead atoms. The quantitative estimate of drug-likeness (QED) is 0.0948. The number of rotatable bonds is 21. The molecule has 3 heterocycles. The van der Waals surface area contributed by atoms with E-state index in [-0.39, 0.29) is 32.3 Å². The van der Waals surface area contributed by atoms with E-state index in [1.807, 2.05) is 50.0 Å². The fourth-order valence-corrected chi connectivity index (χ4v) is 5.96. The average molecular weight is 813 g/mol. The van der Waals surface area contributed by atoms with Crippen molar-refractivity contribution in [1.82, 2.24) is 29.2 Å². The van der Waals surface area contributed by atoms with E-state index in [1.54, 1.807) is 0 Å². The minimum Gasteiger partial charge on any atom is -0.396 e. The van der Waals surface area contributed by atoms with Gasteiger partial charge in [-0.1, -0.05) is 68.7 Å². The van der Waals surface area contributed by atoms with Crippen molar-refractivity contribution in [1.29, 1.82) is 0 Å². The van der Waals surface area contributed by atoms with Crippen molar-refractivity contribution in [2.45, 2.75) is 125 Å². The van der Waals surface area contributed by atoms with Gasteiger partial charge in [-0.3, -0.25) is 4.98 Å². The number of likely N-dealkylation sites (N-methyl/N-ethyl adjacent to an activating group) is 1. The summed E-state index contributed by atoms with van der Waals surface area (Å²) in [6, 6.07) is 4.75. The summed E-state index contributed by atoms with van der Waals surface area (Å²) in [6.07, 6.45) is 12.1. The second-order valence-corrected chi connectivity index (χ2v) is 16.3. The van der Waals surface area contributed by atoms with Crippen LogP contribution in [0.3, 0.4) is 0 Å². The number of nitrogens with zero attached hydrogens (tertiary/aromatic N) is 6. The Bertz CT molecular complexity index is 1080. The number of β-amino-alcohol motifs (C(OH)–C–C–N with tert-alkyl or cyclic N) is 1. The van der Waals surface area contributed by atoms with E-state index in [2.05, 4.69) is 98.8 Å². The lowest BCUT2D eigenvalue weighted by Crippen LogP contribution is -2.40. The highest BCUT2D eigenvalue weighted by Gasteiger charge is 2.26.